The monoisotopic (exact) mass is 289 g/mol. The van der Waals surface area contributed by atoms with Crippen LogP contribution in [0, 0.1) is 11.3 Å². The van der Waals surface area contributed by atoms with E-state index in [1.54, 1.807) is 0 Å². The zero-order chi connectivity index (χ0) is 14.9. The van der Waals surface area contributed by atoms with Gasteiger partial charge in [0.1, 0.15) is 0 Å². The second-order valence-electron chi connectivity index (χ2n) is 8.14. The summed E-state index contributed by atoms with van der Waals surface area (Å²) in [5.41, 5.74) is 0.418. The predicted octanol–water partition coefficient (Wildman–Crippen LogP) is 4.17. The molecule has 0 aliphatic heterocycles. The van der Waals surface area contributed by atoms with Gasteiger partial charge in [-0.25, -0.2) is 4.98 Å². The van der Waals surface area contributed by atoms with Crippen molar-refractivity contribution in [1.29, 1.82) is 0 Å². The highest BCUT2D eigenvalue weighted by Crippen LogP contribution is 2.39. The molecule has 3 heteroatoms. The van der Waals surface area contributed by atoms with Gasteiger partial charge in [0.2, 0.25) is 0 Å². The fourth-order valence-electron chi connectivity index (χ4n) is 4.60. The Morgan fingerprint density at radius 2 is 1.76 bits per heavy atom. The molecule has 21 heavy (non-hydrogen) atoms. The Labute approximate surface area is 129 Å². The maximum Gasteiger partial charge on any atom is 0.0949 e. The van der Waals surface area contributed by atoms with E-state index in [1.807, 2.05) is 12.5 Å². The molecule has 2 saturated carbocycles. The molecular weight excluding hydrogens is 258 g/mol. The van der Waals surface area contributed by atoms with Crippen LogP contribution in [-0.2, 0) is 0 Å². The number of imidazole rings is 1. The summed E-state index contributed by atoms with van der Waals surface area (Å²) >= 11 is 0. The molecule has 1 aromatic heterocycles. The van der Waals surface area contributed by atoms with E-state index in [9.17, 15) is 0 Å². The van der Waals surface area contributed by atoms with Crippen molar-refractivity contribution < 1.29 is 0 Å². The van der Waals surface area contributed by atoms with Crippen LogP contribution in [0.3, 0.4) is 0 Å². The first kappa shape index (κ1) is 15.1. The standard InChI is InChI=1S/C18H31N3/c1-18(2,3)14-7-4-5-8-15(14)20-16-9-6-10-17(16)21-12-11-19-13-21/h11-17,20H,4-10H2,1-3H3. The van der Waals surface area contributed by atoms with Crippen LogP contribution < -0.4 is 5.32 Å². The normalized spacial score (nSPS) is 34.2. The van der Waals surface area contributed by atoms with Crippen LogP contribution in [0.15, 0.2) is 18.7 Å². The van der Waals surface area contributed by atoms with E-state index < -0.39 is 0 Å². The van der Waals surface area contributed by atoms with Crippen molar-refractivity contribution in [2.75, 3.05) is 0 Å². The Hall–Kier alpha value is -0.830. The maximum absolute atomic E-state index is 4.24. The third kappa shape index (κ3) is 3.33. The molecule has 2 aliphatic rings. The van der Waals surface area contributed by atoms with Gasteiger partial charge in [-0.1, -0.05) is 33.6 Å². The first-order chi connectivity index (χ1) is 10.1. The topological polar surface area (TPSA) is 29.9 Å². The van der Waals surface area contributed by atoms with E-state index in [-0.39, 0.29) is 0 Å². The second-order valence-corrected chi connectivity index (χ2v) is 8.14. The molecule has 2 aliphatic carbocycles. The van der Waals surface area contributed by atoms with Gasteiger partial charge in [-0.05, 0) is 43.4 Å². The zero-order valence-corrected chi connectivity index (χ0v) is 13.9. The zero-order valence-electron chi connectivity index (χ0n) is 13.9. The SMILES string of the molecule is CC(C)(C)C1CCCCC1NC1CCCC1n1ccnc1. The van der Waals surface area contributed by atoms with Crippen molar-refractivity contribution in [3.63, 3.8) is 0 Å². The van der Waals surface area contributed by atoms with E-state index >= 15 is 0 Å². The Balaban J connectivity index is 1.69. The molecule has 4 unspecified atom stereocenters. The Morgan fingerprint density at radius 3 is 2.48 bits per heavy atom. The molecule has 118 valence electrons. The van der Waals surface area contributed by atoms with Crippen molar-refractivity contribution in [2.24, 2.45) is 11.3 Å². The summed E-state index contributed by atoms with van der Waals surface area (Å²) < 4.78 is 2.32. The lowest BCUT2D eigenvalue weighted by atomic mass is 9.69. The molecule has 0 bridgehead atoms. The van der Waals surface area contributed by atoms with Crippen molar-refractivity contribution >= 4 is 0 Å². The highest BCUT2D eigenvalue weighted by atomic mass is 15.1. The molecule has 0 radical (unpaired) electrons. The van der Waals surface area contributed by atoms with Gasteiger partial charge in [-0.2, -0.15) is 0 Å². The first-order valence-corrected chi connectivity index (χ1v) is 8.79. The van der Waals surface area contributed by atoms with E-state index in [0.717, 1.165) is 5.92 Å². The Morgan fingerprint density at radius 1 is 1.00 bits per heavy atom. The lowest BCUT2D eigenvalue weighted by Gasteiger charge is -2.43. The Bertz CT molecular complexity index is 432. The first-order valence-electron chi connectivity index (χ1n) is 8.79. The van der Waals surface area contributed by atoms with E-state index in [0.29, 0.717) is 23.5 Å². The third-order valence-corrected chi connectivity index (χ3v) is 5.69. The summed E-state index contributed by atoms with van der Waals surface area (Å²) in [6.07, 6.45) is 15.5. The molecule has 2 fully saturated rings. The summed E-state index contributed by atoms with van der Waals surface area (Å²) in [4.78, 5) is 4.24. The number of aromatic nitrogens is 2. The fraction of sp³-hybridized carbons (Fsp3) is 0.833. The van der Waals surface area contributed by atoms with Gasteiger partial charge in [-0.15, -0.1) is 0 Å². The summed E-state index contributed by atoms with van der Waals surface area (Å²) in [5.74, 6) is 0.815. The Kier molecular flexibility index (Phi) is 4.39. The molecule has 0 aromatic carbocycles. The highest BCUT2D eigenvalue weighted by Gasteiger charge is 2.37. The minimum atomic E-state index is 0.418. The number of hydrogen-bond donors (Lipinski definition) is 1. The molecule has 0 spiro atoms. The largest absolute Gasteiger partial charge is 0.333 e. The van der Waals surface area contributed by atoms with Crippen LogP contribution in [-0.4, -0.2) is 21.6 Å². The van der Waals surface area contributed by atoms with Crippen LogP contribution in [0.4, 0.5) is 0 Å². The molecule has 3 nitrogen and oxygen atoms in total. The number of nitrogens with zero attached hydrogens (tertiary/aromatic N) is 2. The second kappa shape index (κ2) is 6.12. The van der Waals surface area contributed by atoms with Crippen molar-refractivity contribution in [2.45, 2.75) is 83.8 Å². The lowest BCUT2D eigenvalue weighted by molar-refractivity contribution is 0.118. The summed E-state index contributed by atoms with van der Waals surface area (Å²) in [6, 6.07) is 1.94. The number of nitrogens with one attached hydrogen (secondary N) is 1. The molecule has 0 saturated heterocycles. The smallest absolute Gasteiger partial charge is 0.0949 e. The highest BCUT2D eigenvalue weighted by molar-refractivity contribution is 4.96. The third-order valence-electron chi connectivity index (χ3n) is 5.69. The average molecular weight is 289 g/mol. The van der Waals surface area contributed by atoms with Crippen molar-refractivity contribution in [3.8, 4) is 0 Å². The van der Waals surface area contributed by atoms with Crippen molar-refractivity contribution in [1.82, 2.24) is 14.9 Å². The molecule has 1 heterocycles. The van der Waals surface area contributed by atoms with Gasteiger partial charge in [0.15, 0.2) is 0 Å². The minimum Gasteiger partial charge on any atom is -0.333 e. The fourth-order valence-corrected chi connectivity index (χ4v) is 4.60. The minimum absolute atomic E-state index is 0.418. The van der Waals surface area contributed by atoms with E-state index in [2.05, 4.69) is 41.8 Å². The van der Waals surface area contributed by atoms with Gasteiger partial charge in [0.05, 0.1) is 6.33 Å². The maximum atomic E-state index is 4.24. The van der Waals surface area contributed by atoms with Gasteiger partial charge in [0.25, 0.3) is 0 Å². The van der Waals surface area contributed by atoms with Crippen LogP contribution in [0.25, 0.3) is 0 Å². The molecule has 1 N–H and O–H groups in total. The lowest BCUT2D eigenvalue weighted by Crippen LogP contribution is -2.49. The van der Waals surface area contributed by atoms with Crippen molar-refractivity contribution in [3.05, 3.63) is 18.7 Å². The molecule has 0 amide bonds. The van der Waals surface area contributed by atoms with Crippen LogP contribution in [0.2, 0.25) is 0 Å². The summed E-state index contributed by atoms with van der Waals surface area (Å²) in [6.45, 7) is 7.25. The van der Waals surface area contributed by atoms with Gasteiger partial charge in [0, 0.05) is 30.5 Å². The predicted molar refractivity (Wildman–Crippen MR) is 87.2 cm³/mol. The molecule has 1 aromatic rings. The van der Waals surface area contributed by atoms with Crippen LogP contribution in [0.5, 0.6) is 0 Å². The van der Waals surface area contributed by atoms with E-state index in [4.69, 9.17) is 0 Å². The van der Waals surface area contributed by atoms with Crippen LogP contribution >= 0.6 is 0 Å². The molecular formula is C18H31N3. The number of rotatable bonds is 3. The quantitative estimate of drug-likeness (QED) is 0.905. The van der Waals surface area contributed by atoms with Gasteiger partial charge < -0.3 is 9.88 Å². The summed E-state index contributed by atoms with van der Waals surface area (Å²) in [7, 11) is 0. The van der Waals surface area contributed by atoms with E-state index in [1.165, 1.54) is 44.9 Å². The average Bonchev–Trinajstić information content (AvgIpc) is 3.08. The molecule has 3 rings (SSSR count). The van der Waals surface area contributed by atoms with Crippen LogP contribution in [0.1, 0.15) is 71.8 Å². The summed E-state index contributed by atoms with van der Waals surface area (Å²) in [5, 5.41) is 4.06. The number of hydrogen-bond acceptors (Lipinski definition) is 2. The molecule has 4 atom stereocenters. The van der Waals surface area contributed by atoms with Gasteiger partial charge >= 0.3 is 0 Å². The van der Waals surface area contributed by atoms with Gasteiger partial charge in [-0.3, -0.25) is 0 Å².